The van der Waals surface area contributed by atoms with Crippen molar-refractivity contribution < 1.29 is 14.3 Å². The molecule has 2 heterocycles. The van der Waals surface area contributed by atoms with Gasteiger partial charge < -0.3 is 19.3 Å². The first kappa shape index (κ1) is 18.0. The maximum Gasteiger partial charge on any atom is 0.260 e. The van der Waals surface area contributed by atoms with Crippen LogP contribution in [0.2, 0.25) is 0 Å². The second-order valence-corrected chi connectivity index (χ2v) is 6.08. The Bertz CT molecular complexity index is 728. The molecule has 0 spiro atoms. The molecular weight excluding hydrogens is 332 g/mol. The molecule has 2 aromatic rings. The minimum absolute atomic E-state index is 0.00526. The Morgan fingerprint density at radius 3 is 2.46 bits per heavy atom. The van der Waals surface area contributed by atoms with E-state index in [1.165, 1.54) is 0 Å². The molecule has 1 aliphatic heterocycles. The van der Waals surface area contributed by atoms with Crippen molar-refractivity contribution in [3.8, 4) is 11.6 Å². The summed E-state index contributed by atoms with van der Waals surface area (Å²) in [6.07, 6.45) is 0. The van der Waals surface area contributed by atoms with Crippen LogP contribution in [0.15, 0.2) is 36.4 Å². The average molecular weight is 356 g/mol. The molecular formula is C19H24N4O3. The molecule has 3 rings (SSSR count). The standard InChI is InChI=1S/C19H24N4O3/c1-3-25-18-9-8-17(20-21-18)22-10-12-23(13-11-22)19(24)14-26-16-7-5-4-6-15(16)2/h4-9H,3,10-14H2,1-2H3. The molecule has 0 atom stereocenters. The van der Waals surface area contributed by atoms with E-state index in [1.807, 2.05) is 55.1 Å². The molecule has 1 aromatic carbocycles. The quantitative estimate of drug-likeness (QED) is 0.788. The van der Waals surface area contributed by atoms with Crippen LogP contribution in [0.3, 0.4) is 0 Å². The first-order valence-electron chi connectivity index (χ1n) is 8.85. The number of hydrogen-bond donors (Lipinski definition) is 0. The van der Waals surface area contributed by atoms with Crippen molar-refractivity contribution in [2.24, 2.45) is 0 Å². The number of nitrogens with zero attached hydrogens (tertiary/aromatic N) is 4. The second kappa shape index (κ2) is 8.51. The number of anilines is 1. The van der Waals surface area contributed by atoms with Gasteiger partial charge in [0.2, 0.25) is 5.88 Å². The molecule has 0 bridgehead atoms. The summed E-state index contributed by atoms with van der Waals surface area (Å²) < 4.78 is 11.0. The van der Waals surface area contributed by atoms with Gasteiger partial charge in [-0.3, -0.25) is 4.79 Å². The summed E-state index contributed by atoms with van der Waals surface area (Å²) in [4.78, 5) is 16.3. The number of aryl methyl sites for hydroxylation is 1. The van der Waals surface area contributed by atoms with Gasteiger partial charge in [0.25, 0.3) is 5.91 Å². The van der Waals surface area contributed by atoms with Crippen molar-refractivity contribution in [1.82, 2.24) is 15.1 Å². The molecule has 1 saturated heterocycles. The minimum atomic E-state index is 0.00526. The van der Waals surface area contributed by atoms with E-state index >= 15 is 0 Å². The highest BCUT2D eigenvalue weighted by Gasteiger charge is 2.22. The lowest BCUT2D eigenvalue weighted by Gasteiger charge is -2.35. The van der Waals surface area contributed by atoms with E-state index in [9.17, 15) is 4.79 Å². The van der Waals surface area contributed by atoms with E-state index in [0.717, 1.165) is 30.2 Å². The van der Waals surface area contributed by atoms with Crippen LogP contribution in [-0.4, -0.2) is 60.4 Å². The van der Waals surface area contributed by atoms with E-state index in [4.69, 9.17) is 9.47 Å². The fourth-order valence-corrected chi connectivity index (χ4v) is 2.84. The zero-order valence-corrected chi connectivity index (χ0v) is 15.2. The fraction of sp³-hybridized carbons (Fsp3) is 0.421. The van der Waals surface area contributed by atoms with E-state index < -0.39 is 0 Å². The van der Waals surface area contributed by atoms with Crippen LogP contribution in [0.25, 0.3) is 0 Å². The predicted octanol–water partition coefficient (Wildman–Crippen LogP) is 1.91. The number of ether oxygens (including phenoxy) is 2. The monoisotopic (exact) mass is 356 g/mol. The van der Waals surface area contributed by atoms with E-state index in [2.05, 4.69) is 15.1 Å². The number of carbonyl (C=O) groups excluding carboxylic acids is 1. The van der Waals surface area contributed by atoms with Crippen LogP contribution in [0, 0.1) is 6.92 Å². The third kappa shape index (κ3) is 4.41. The van der Waals surface area contributed by atoms with Crippen molar-refractivity contribution in [2.45, 2.75) is 13.8 Å². The summed E-state index contributed by atoms with van der Waals surface area (Å²) in [5, 5.41) is 8.25. The summed E-state index contributed by atoms with van der Waals surface area (Å²) in [6, 6.07) is 11.4. The van der Waals surface area contributed by atoms with Crippen molar-refractivity contribution in [3.05, 3.63) is 42.0 Å². The highest BCUT2D eigenvalue weighted by Crippen LogP contribution is 2.17. The van der Waals surface area contributed by atoms with E-state index in [1.54, 1.807) is 0 Å². The number of benzene rings is 1. The lowest BCUT2D eigenvalue weighted by molar-refractivity contribution is -0.133. The Labute approximate surface area is 153 Å². The zero-order chi connectivity index (χ0) is 18.4. The number of rotatable bonds is 6. The minimum Gasteiger partial charge on any atom is -0.484 e. The van der Waals surface area contributed by atoms with Gasteiger partial charge >= 0.3 is 0 Å². The maximum absolute atomic E-state index is 12.4. The van der Waals surface area contributed by atoms with Gasteiger partial charge in [0.15, 0.2) is 12.4 Å². The van der Waals surface area contributed by atoms with Crippen LogP contribution >= 0.6 is 0 Å². The predicted molar refractivity (Wildman–Crippen MR) is 98.7 cm³/mol. The Kier molecular flexibility index (Phi) is 5.88. The fourth-order valence-electron chi connectivity index (χ4n) is 2.84. The molecule has 0 saturated carbocycles. The van der Waals surface area contributed by atoms with Gasteiger partial charge in [-0.05, 0) is 31.5 Å². The Morgan fingerprint density at radius 2 is 1.81 bits per heavy atom. The first-order chi connectivity index (χ1) is 12.7. The SMILES string of the molecule is CCOc1ccc(N2CCN(C(=O)COc3ccccc3C)CC2)nn1. The summed E-state index contributed by atoms with van der Waals surface area (Å²) >= 11 is 0. The largest absolute Gasteiger partial charge is 0.484 e. The van der Waals surface area contributed by atoms with Crippen LogP contribution in [-0.2, 0) is 4.79 Å². The molecule has 0 aliphatic carbocycles. The van der Waals surface area contributed by atoms with Crippen molar-refractivity contribution in [2.75, 3.05) is 44.3 Å². The van der Waals surface area contributed by atoms with Gasteiger partial charge in [0, 0.05) is 32.2 Å². The van der Waals surface area contributed by atoms with Crippen LogP contribution in [0.1, 0.15) is 12.5 Å². The lowest BCUT2D eigenvalue weighted by Crippen LogP contribution is -2.50. The maximum atomic E-state index is 12.4. The molecule has 26 heavy (non-hydrogen) atoms. The van der Waals surface area contributed by atoms with Crippen molar-refractivity contribution >= 4 is 11.7 Å². The van der Waals surface area contributed by atoms with Gasteiger partial charge in [-0.15, -0.1) is 10.2 Å². The molecule has 1 fully saturated rings. The van der Waals surface area contributed by atoms with Gasteiger partial charge in [-0.25, -0.2) is 0 Å². The highest BCUT2D eigenvalue weighted by atomic mass is 16.5. The summed E-state index contributed by atoms with van der Waals surface area (Å²) in [5.41, 5.74) is 1.03. The summed E-state index contributed by atoms with van der Waals surface area (Å²) in [7, 11) is 0. The molecule has 0 unspecified atom stereocenters. The first-order valence-corrected chi connectivity index (χ1v) is 8.85. The topological polar surface area (TPSA) is 67.8 Å². The van der Waals surface area contributed by atoms with Gasteiger partial charge in [0.1, 0.15) is 5.75 Å². The molecule has 1 aliphatic rings. The van der Waals surface area contributed by atoms with E-state index in [-0.39, 0.29) is 12.5 Å². The number of carbonyl (C=O) groups is 1. The Hall–Kier alpha value is -2.83. The smallest absolute Gasteiger partial charge is 0.260 e. The number of hydrogen-bond acceptors (Lipinski definition) is 6. The van der Waals surface area contributed by atoms with E-state index in [0.29, 0.717) is 25.6 Å². The Balaban J connectivity index is 1.48. The van der Waals surface area contributed by atoms with Crippen LogP contribution < -0.4 is 14.4 Å². The number of para-hydroxylation sites is 1. The summed E-state index contributed by atoms with van der Waals surface area (Å²) in [6.45, 7) is 7.24. The molecule has 1 amide bonds. The van der Waals surface area contributed by atoms with Crippen LogP contribution in [0.5, 0.6) is 11.6 Å². The Morgan fingerprint density at radius 1 is 1.04 bits per heavy atom. The third-order valence-electron chi connectivity index (χ3n) is 4.32. The molecule has 0 N–H and O–H groups in total. The third-order valence-corrected chi connectivity index (χ3v) is 4.32. The van der Waals surface area contributed by atoms with Crippen molar-refractivity contribution in [3.63, 3.8) is 0 Å². The molecule has 138 valence electrons. The molecule has 7 heteroatoms. The van der Waals surface area contributed by atoms with Gasteiger partial charge in [0.05, 0.1) is 6.61 Å². The van der Waals surface area contributed by atoms with Crippen LogP contribution in [0.4, 0.5) is 5.82 Å². The lowest BCUT2D eigenvalue weighted by atomic mass is 10.2. The average Bonchev–Trinajstić information content (AvgIpc) is 2.68. The number of aromatic nitrogens is 2. The van der Waals surface area contributed by atoms with Crippen molar-refractivity contribution in [1.29, 1.82) is 0 Å². The number of piperazine rings is 1. The van der Waals surface area contributed by atoms with Gasteiger partial charge in [-0.2, -0.15) is 0 Å². The normalized spacial score (nSPS) is 14.2. The summed E-state index contributed by atoms with van der Waals surface area (Å²) in [5.74, 6) is 2.09. The molecule has 0 radical (unpaired) electrons. The van der Waals surface area contributed by atoms with Gasteiger partial charge in [-0.1, -0.05) is 18.2 Å². The zero-order valence-electron chi connectivity index (χ0n) is 15.2. The number of amides is 1. The molecule has 7 nitrogen and oxygen atoms in total. The second-order valence-electron chi connectivity index (χ2n) is 6.08. The molecule has 1 aromatic heterocycles. The highest BCUT2D eigenvalue weighted by molar-refractivity contribution is 5.78.